The van der Waals surface area contributed by atoms with Crippen molar-refractivity contribution in [2.45, 2.75) is 10.8 Å². The van der Waals surface area contributed by atoms with Gasteiger partial charge in [0.05, 0.1) is 0 Å². The monoisotopic (exact) mass is 242 g/mol. The summed E-state index contributed by atoms with van der Waals surface area (Å²) in [5, 5.41) is 17.3. The molecule has 0 spiro atoms. The number of aliphatic hydroxyl groups excluding tert-OH is 2. The van der Waals surface area contributed by atoms with Crippen molar-refractivity contribution in [1.82, 2.24) is 0 Å². The summed E-state index contributed by atoms with van der Waals surface area (Å²) in [4.78, 5) is 9.74. The zero-order valence-electron chi connectivity index (χ0n) is 6.75. The van der Waals surface area contributed by atoms with Crippen LogP contribution in [-0.4, -0.2) is 42.5 Å². The van der Waals surface area contributed by atoms with Gasteiger partial charge in [-0.3, -0.25) is 4.79 Å². The Bertz CT molecular complexity index is 339. The van der Waals surface area contributed by atoms with Crippen molar-refractivity contribution in [1.29, 1.82) is 0 Å². The lowest BCUT2D eigenvalue weighted by Crippen LogP contribution is -2.29. The van der Waals surface area contributed by atoms with Crippen molar-refractivity contribution in [2.24, 2.45) is 0 Å². The number of hydrogen-bond acceptors (Lipinski definition) is 6. The molecule has 80 valence electrons. The minimum absolute atomic E-state index is 0.323. The third-order valence-corrected chi connectivity index (χ3v) is 3.08. The molecule has 0 amide bonds. The van der Waals surface area contributed by atoms with Gasteiger partial charge >= 0.3 is 16.6 Å². The second-order valence-electron chi connectivity index (χ2n) is 1.96. The van der Waals surface area contributed by atoms with E-state index in [2.05, 4.69) is 4.18 Å². The summed E-state index contributed by atoms with van der Waals surface area (Å²) in [6.07, 6.45) is -1.74. The molecule has 8 heteroatoms. The molecule has 0 aliphatic heterocycles. The number of hydrogen-bond donors (Lipinski definition) is 2. The van der Waals surface area contributed by atoms with Crippen LogP contribution < -0.4 is 0 Å². The molecule has 0 aromatic rings. The molecule has 0 radical (unpaired) electrons. The summed E-state index contributed by atoms with van der Waals surface area (Å²) in [5.41, 5.74) is 0. The molecule has 0 heterocycles. The van der Waals surface area contributed by atoms with E-state index >= 15 is 0 Å². The summed E-state index contributed by atoms with van der Waals surface area (Å²) >= 11 is 5.23. The van der Waals surface area contributed by atoms with E-state index in [9.17, 15) is 13.2 Å². The Hall–Kier alpha value is -0.810. The van der Waals surface area contributed by atoms with Crippen LogP contribution in [0.1, 0.15) is 0 Å². The van der Waals surface area contributed by atoms with E-state index in [1.807, 2.05) is 11.8 Å². The Morgan fingerprint density at radius 3 is 2.57 bits per heavy atom. The second-order valence-corrected chi connectivity index (χ2v) is 4.38. The average molecular weight is 243 g/mol. The summed E-state index contributed by atoms with van der Waals surface area (Å²) in [6.45, 7) is -0.869. The van der Waals surface area contributed by atoms with E-state index in [0.717, 1.165) is 0 Å². The molecule has 0 saturated heterocycles. The van der Waals surface area contributed by atoms with Crippen LogP contribution >= 0.6 is 11.6 Å². The van der Waals surface area contributed by atoms with Crippen molar-refractivity contribution in [3.05, 3.63) is 0 Å². The van der Waals surface area contributed by atoms with Gasteiger partial charge in [-0.15, -0.1) is 0 Å². The van der Waals surface area contributed by atoms with E-state index < -0.39 is 27.5 Å². The topological polar surface area (TPSA) is 101 Å². The zero-order chi connectivity index (χ0) is 11.2. The minimum atomic E-state index is -4.38. The molecule has 0 fully saturated rings. The lowest BCUT2D eigenvalue weighted by Gasteiger charge is -2.09. The van der Waals surface area contributed by atoms with Gasteiger partial charge < -0.3 is 14.4 Å². The smallest absolute Gasteiger partial charge is 0.332 e. The molecular weight excluding hydrogens is 236 g/mol. The van der Waals surface area contributed by atoms with Gasteiger partial charge in [0, 0.05) is 0 Å². The number of carbonyl (C=O) groups excluding carboxylic acids is 1. The second kappa shape index (κ2) is 5.82. The van der Waals surface area contributed by atoms with Gasteiger partial charge in [-0.1, -0.05) is 23.4 Å². The lowest BCUT2D eigenvalue weighted by atomic mass is 10.4. The SMILES string of the molecule is O=COS(=O)(=O)C(Cl)C(O)C#CCO. The maximum Gasteiger partial charge on any atom is 0.332 e. The van der Waals surface area contributed by atoms with Crippen LogP contribution in [-0.2, 0) is 19.1 Å². The molecule has 0 rings (SSSR count). The van der Waals surface area contributed by atoms with Crippen molar-refractivity contribution in [3.8, 4) is 11.8 Å². The first-order valence-electron chi connectivity index (χ1n) is 3.23. The maximum atomic E-state index is 10.9. The normalized spacial score (nSPS) is 14.8. The Kier molecular flexibility index (Phi) is 5.49. The highest BCUT2D eigenvalue weighted by Crippen LogP contribution is 2.12. The fourth-order valence-electron chi connectivity index (χ4n) is 0.481. The predicted octanol–water partition coefficient (Wildman–Crippen LogP) is -1.59. The fourth-order valence-corrected chi connectivity index (χ4v) is 1.27. The average Bonchev–Trinajstić information content (AvgIpc) is 2.12. The zero-order valence-corrected chi connectivity index (χ0v) is 8.33. The van der Waals surface area contributed by atoms with Crippen molar-refractivity contribution in [2.75, 3.05) is 6.61 Å². The van der Waals surface area contributed by atoms with Gasteiger partial charge in [0.1, 0.15) is 12.7 Å². The van der Waals surface area contributed by atoms with Crippen LogP contribution in [0.4, 0.5) is 0 Å². The van der Waals surface area contributed by atoms with Crippen LogP contribution in [0.3, 0.4) is 0 Å². The number of alkyl halides is 1. The molecular formula is C6H7ClO6S. The first-order valence-corrected chi connectivity index (χ1v) is 5.13. The summed E-state index contributed by atoms with van der Waals surface area (Å²) < 4.78 is 23.5. The van der Waals surface area contributed by atoms with E-state index in [4.69, 9.17) is 21.8 Å². The van der Waals surface area contributed by atoms with Crippen molar-refractivity contribution >= 4 is 28.2 Å². The van der Waals surface area contributed by atoms with Gasteiger partial charge in [0.2, 0.25) is 4.71 Å². The molecule has 0 aliphatic rings. The molecule has 2 N–H and O–H groups in total. The van der Waals surface area contributed by atoms with Crippen LogP contribution in [0, 0.1) is 11.8 Å². The summed E-state index contributed by atoms with van der Waals surface area (Å²) in [6, 6.07) is 0. The van der Waals surface area contributed by atoms with E-state index in [1.165, 1.54) is 0 Å². The molecule has 14 heavy (non-hydrogen) atoms. The highest BCUT2D eigenvalue weighted by molar-refractivity contribution is 7.89. The minimum Gasteiger partial charge on any atom is -0.384 e. The van der Waals surface area contributed by atoms with Crippen LogP contribution in [0.25, 0.3) is 0 Å². The van der Waals surface area contributed by atoms with Crippen LogP contribution in [0.2, 0.25) is 0 Å². The first-order chi connectivity index (χ1) is 6.45. The van der Waals surface area contributed by atoms with Crippen molar-refractivity contribution < 1.29 is 27.6 Å². The van der Waals surface area contributed by atoms with Gasteiger partial charge in [0.15, 0.2) is 0 Å². The number of rotatable bonds is 4. The number of carbonyl (C=O) groups is 1. The van der Waals surface area contributed by atoms with Gasteiger partial charge in [-0.25, -0.2) is 0 Å². The predicted molar refractivity (Wildman–Crippen MR) is 46.6 cm³/mol. The Morgan fingerprint density at radius 1 is 1.57 bits per heavy atom. The Labute approximate surface area is 85.6 Å². The number of halogens is 1. The third kappa shape index (κ3) is 3.93. The molecule has 0 aromatic heterocycles. The Morgan fingerprint density at radius 2 is 2.14 bits per heavy atom. The standard InChI is InChI=1S/C6H7ClO6S/c7-6(5(10)2-1-3-8)14(11,12)13-4-9/h4-6,8,10H,3H2. The highest BCUT2D eigenvalue weighted by atomic mass is 35.5. The van der Waals surface area contributed by atoms with E-state index in [0.29, 0.717) is 0 Å². The van der Waals surface area contributed by atoms with Gasteiger partial charge in [0.25, 0.3) is 0 Å². The molecule has 2 unspecified atom stereocenters. The molecule has 0 saturated carbocycles. The molecule has 0 aromatic carbocycles. The van der Waals surface area contributed by atoms with Crippen LogP contribution in [0.5, 0.6) is 0 Å². The lowest BCUT2D eigenvalue weighted by molar-refractivity contribution is -0.120. The maximum absolute atomic E-state index is 10.9. The third-order valence-electron chi connectivity index (χ3n) is 1.03. The fraction of sp³-hybridized carbons (Fsp3) is 0.500. The quantitative estimate of drug-likeness (QED) is 0.267. The molecule has 0 aliphatic carbocycles. The van der Waals surface area contributed by atoms with Gasteiger partial charge in [-0.2, -0.15) is 8.42 Å². The highest BCUT2D eigenvalue weighted by Gasteiger charge is 2.31. The van der Waals surface area contributed by atoms with Gasteiger partial charge in [-0.05, 0) is 0 Å². The summed E-state index contributed by atoms with van der Waals surface area (Å²) in [7, 11) is -4.38. The van der Waals surface area contributed by atoms with Crippen LogP contribution in [0.15, 0.2) is 0 Å². The van der Waals surface area contributed by atoms with Crippen molar-refractivity contribution in [3.63, 3.8) is 0 Å². The molecule has 6 nitrogen and oxygen atoms in total. The largest absolute Gasteiger partial charge is 0.384 e. The van der Waals surface area contributed by atoms with E-state index in [-0.39, 0.29) is 6.47 Å². The first kappa shape index (κ1) is 13.2. The van der Waals surface area contributed by atoms with E-state index in [1.54, 1.807) is 0 Å². The molecule has 2 atom stereocenters. The summed E-state index contributed by atoms with van der Waals surface area (Å²) in [5.74, 6) is 3.95. The number of aliphatic hydroxyl groups is 2. The Balaban J connectivity index is 4.60. The molecule has 0 bridgehead atoms.